The molecule has 4 atom stereocenters. The normalized spacial score (nSPS) is 22.1. The largest absolute Gasteiger partial charge is 1.00 e. The van der Waals surface area contributed by atoms with Crippen molar-refractivity contribution < 1.29 is 52.5 Å². The Balaban J connectivity index is 0.00000380. The molecule has 2 aliphatic rings. The molecule has 2 N–H and O–H groups in total. The molecule has 198 valence electrons. The zero-order valence-corrected chi connectivity index (χ0v) is 24.1. The van der Waals surface area contributed by atoms with Crippen LogP contribution in [0.4, 0.5) is 0 Å². The van der Waals surface area contributed by atoms with Gasteiger partial charge in [-0.25, -0.2) is 9.36 Å². The maximum absolute atomic E-state index is 13.1. The van der Waals surface area contributed by atoms with Crippen LogP contribution in [0.25, 0.3) is 0 Å². The summed E-state index contributed by atoms with van der Waals surface area (Å²) in [6.07, 6.45) is 3.12. The van der Waals surface area contributed by atoms with Crippen LogP contribution in [0.2, 0.25) is 0 Å². The molecule has 0 spiro atoms. The number of rotatable bonds is 8. The van der Waals surface area contributed by atoms with E-state index in [0.29, 0.717) is 5.56 Å². The minimum atomic E-state index is -0.784. The van der Waals surface area contributed by atoms with Crippen molar-refractivity contribution in [2.24, 2.45) is 7.05 Å². The zero-order chi connectivity index (χ0) is 26.0. The van der Waals surface area contributed by atoms with Gasteiger partial charge in [0.25, 0.3) is 5.91 Å². The van der Waals surface area contributed by atoms with E-state index in [1.165, 1.54) is 16.7 Å². The average Bonchev–Trinajstić information content (AvgIpc) is 3.09. The average molecular weight is 639 g/mol. The number of nitrogens with zero attached hydrogens (tertiary/aromatic N) is 2. The number of hydrogen-bond acceptors (Lipinski definition) is 6. The van der Waals surface area contributed by atoms with Crippen molar-refractivity contribution in [1.29, 1.82) is 0 Å². The minimum Gasteiger partial charge on any atom is -1.00 e. The number of esters is 1. The van der Waals surface area contributed by atoms with E-state index in [-0.39, 0.29) is 60.0 Å². The number of halogens is 1. The van der Waals surface area contributed by atoms with Crippen LogP contribution >= 0.6 is 11.8 Å². The first-order valence-electron chi connectivity index (χ1n) is 11.8. The zero-order valence-electron chi connectivity index (χ0n) is 21.1. The van der Waals surface area contributed by atoms with E-state index in [1.807, 2.05) is 57.4 Å². The molecule has 1 aromatic carbocycles. The van der Waals surface area contributed by atoms with Gasteiger partial charge in [0.05, 0.1) is 13.0 Å². The van der Waals surface area contributed by atoms with E-state index in [4.69, 9.17) is 4.74 Å². The molecule has 11 heteroatoms. The molecule has 37 heavy (non-hydrogen) atoms. The van der Waals surface area contributed by atoms with Gasteiger partial charge in [0, 0.05) is 10.8 Å². The van der Waals surface area contributed by atoms with E-state index in [1.54, 1.807) is 29.8 Å². The van der Waals surface area contributed by atoms with Crippen LogP contribution in [0.15, 0.2) is 54.9 Å². The molecule has 2 aromatic rings. The van der Waals surface area contributed by atoms with E-state index < -0.39 is 28.9 Å². The van der Waals surface area contributed by atoms with Crippen molar-refractivity contribution >= 4 is 35.5 Å². The standard InChI is InChI=1S/C26H30N4O5S.HI/c1-16(14-27-22(32)18-11-8-12-29(4)15-18)35-25(34)21-26(2,3)36-24-20(23(33)30(21)24)28-19(31)13-17-9-6-5-7-10-17;/h5-12,15-16,20-21,24H,13-14H2,1-4H3,(H-,27,28,31,32);1H/t16?,20-,21?,24-;/m1./s1. The molecule has 2 fully saturated rings. The van der Waals surface area contributed by atoms with Gasteiger partial charge >= 0.3 is 5.97 Å². The van der Waals surface area contributed by atoms with Crippen LogP contribution in [0.3, 0.4) is 0 Å². The van der Waals surface area contributed by atoms with Crippen LogP contribution < -0.4 is 39.2 Å². The summed E-state index contributed by atoms with van der Waals surface area (Å²) in [4.78, 5) is 52.4. The summed E-state index contributed by atoms with van der Waals surface area (Å²) < 4.78 is 6.80. The number of β-lactam (4-membered cyclic amide) rings is 1. The molecule has 0 bridgehead atoms. The highest BCUT2D eigenvalue weighted by atomic mass is 127. The first-order chi connectivity index (χ1) is 17.1. The summed E-state index contributed by atoms with van der Waals surface area (Å²) in [5.74, 6) is -1.32. The summed E-state index contributed by atoms with van der Waals surface area (Å²) in [5, 5.41) is 5.26. The number of fused-ring (bicyclic) bond motifs is 1. The fourth-order valence-corrected chi connectivity index (χ4v) is 6.12. The number of ether oxygens (including phenoxy) is 1. The van der Waals surface area contributed by atoms with E-state index in [0.717, 1.165) is 5.56 Å². The molecule has 2 unspecified atom stereocenters. The number of aromatic nitrogens is 1. The first kappa shape index (κ1) is 28.9. The lowest BCUT2D eigenvalue weighted by Crippen LogP contribution is -3.00. The molecule has 0 aliphatic carbocycles. The first-order valence-corrected chi connectivity index (χ1v) is 12.7. The highest BCUT2D eigenvalue weighted by Crippen LogP contribution is 2.51. The molecule has 2 saturated heterocycles. The van der Waals surface area contributed by atoms with Crippen molar-refractivity contribution in [3.05, 3.63) is 66.0 Å². The molecule has 3 heterocycles. The van der Waals surface area contributed by atoms with Gasteiger partial charge in [-0.15, -0.1) is 11.8 Å². The van der Waals surface area contributed by atoms with E-state index in [2.05, 4.69) is 10.6 Å². The lowest BCUT2D eigenvalue weighted by atomic mass is 9.95. The second-order valence-corrected chi connectivity index (χ2v) is 11.5. The number of thioether (sulfide) groups is 1. The Morgan fingerprint density at radius 3 is 2.54 bits per heavy atom. The second-order valence-electron chi connectivity index (χ2n) is 9.68. The smallest absolute Gasteiger partial charge is 0.330 e. The molecule has 1 aromatic heterocycles. The fourth-order valence-electron chi connectivity index (χ4n) is 4.50. The third-order valence-electron chi connectivity index (χ3n) is 6.26. The summed E-state index contributed by atoms with van der Waals surface area (Å²) >= 11 is 1.48. The summed E-state index contributed by atoms with van der Waals surface area (Å²) in [6, 6.07) is 11.3. The van der Waals surface area contributed by atoms with Gasteiger partial charge in [-0.1, -0.05) is 30.3 Å². The van der Waals surface area contributed by atoms with Crippen LogP contribution in [0.1, 0.15) is 36.7 Å². The number of hydrogen-bond donors (Lipinski definition) is 2. The van der Waals surface area contributed by atoms with Crippen LogP contribution in [0.5, 0.6) is 0 Å². The van der Waals surface area contributed by atoms with Gasteiger partial charge < -0.3 is 44.2 Å². The fraction of sp³-hybridized carbons (Fsp3) is 0.423. The van der Waals surface area contributed by atoms with Crippen molar-refractivity contribution in [1.82, 2.24) is 15.5 Å². The lowest BCUT2D eigenvalue weighted by molar-refractivity contribution is -0.671. The van der Waals surface area contributed by atoms with Crippen molar-refractivity contribution in [2.75, 3.05) is 6.54 Å². The Labute approximate surface area is 237 Å². The minimum absolute atomic E-state index is 0. The molecular formula is C26H31IN4O5S. The highest BCUT2D eigenvalue weighted by Gasteiger charge is 2.64. The molecule has 9 nitrogen and oxygen atoms in total. The lowest BCUT2D eigenvalue weighted by Gasteiger charge is -2.44. The molecular weight excluding hydrogens is 607 g/mol. The van der Waals surface area contributed by atoms with Crippen molar-refractivity contribution in [3.8, 4) is 0 Å². The quantitative estimate of drug-likeness (QED) is 0.150. The number of amides is 3. The topological polar surface area (TPSA) is 109 Å². The Hall–Kier alpha value is -2.67. The predicted molar refractivity (Wildman–Crippen MR) is 134 cm³/mol. The number of pyridine rings is 1. The Bertz CT molecular complexity index is 1180. The third-order valence-corrected chi connectivity index (χ3v) is 7.83. The number of aryl methyl sites for hydroxylation is 1. The van der Waals surface area contributed by atoms with Crippen LogP contribution in [-0.4, -0.2) is 63.4 Å². The third kappa shape index (κ3) is 6.43. The van der Waals surface area contributed by atoms with Gasteiger partial charge in [-0.05, 0) is 32.4 Å². The van der Waals surface area contributed by atoms with Gasteiger partial charge in [0.15, 0.2) is 12.4 Å². The van der Waals surface area contributed by atoms with Gasteiger partial charge in [0.1, 0.15) is 36.2 Å². The monoisotopic (exact) mass is 638 g/mol. The summed E-state index contributed by atoms with van der Waals surface area (Å²) in [7, 11) is 1.83. The van der Waals surface area contributed by atoms with Gasteiger partial charge in [-0.2, -0.15) is 0 Å². The number of carbonyl (C=O) groups is 4. The number of benzene rings is 1. The second kappa shape index (κ2) is 11.8. The van der Waals surface area contributed by atoms with Crippen LogP contribution in [0, 0.1) is 0 Å². The van der Waals surface area contributed by atoms with E-state index in [9.17, 15) is 19.2 Å². The Morgan fingerprint density at radius 1 is 1.16 bits per heavy atom. The maximum Gasteiger partial charge on any atom is 0.330 e. The SMILES string of the molecule is CC(CNC(=O)c1ccc[n+](C)c1)OC(=O)C1N2C(=O)[C@@H](NC(=O)Cc3ccccc3)[C@H]2SC1(C)C.[I-]. The summed E-state index contributed by atoms with van der Waals surface area (Å²) in [6.45, 7) is 5.61. The predicted octanol–water partition coefficient (Wildman–Crippen LogP) is -2.03. The Kier molecular flexibility index (Phi) is 9.22. The van der Waals surface area contributed by atoms with E-state index >= 15 is 0 Å². The number of nitrogens with one attached hydrogen (secondary N) is 2. The maximum atomic E-state index is 13.1. The summed E-state index contributed by atoms with van der Waals surface area (Å²) in [5.41, 5.74) is 1.36. The molecule has 0 saturated carbocycles. The van der Waals surface area contributed by atoms with Crippen molar-refractivity contribution in [2.45, 2.75) is 55.5 Å². The molecule has 4 rings (SSSR count). The van der Waals surface area contributed by atoms with Gasteiger partial charge in [-0.3, -0.25) is 14.4 Å². The van der Waals surface area contributed by atoms with Gasteiger partial charge in [0.2, 0.25) is 11.8 Å². The molecule has 2 aliphatic heterocycles. The molecule has 0 radical (unpaired) electrons. The molecule has 3 amide bonds. The van der Waals surface area contributed by atoms with Crippen LogP contribution in [-0.2, 0) is 32.6 Å². The van der Waals surface area contributed by atoms with Crippen molar-refractivity contribution in [3.63, 3.8) is 0 Å². The highest BCUT2D eigenvalue weighted by molar-refractivity contribution is 8.01. The number of carbonyl (C=O) groups excluding carboxylic acids is 4. The Morgan fingerprint density at radius 2 is 1.86 bits per heavy atom.